The molecule has 3 heterocycles. The average Bonchev–Trinajstić information content (AvgIpc) is 3.73. The van der Waals surface area contributed by atoms with Crippen molar-refractivity contribution in [3.05, 3.63) is 11.6 Å². The van der Waals surface area contributed by atoms with E-state index in [1.54, 1.807) is 6.08 Å². The molecule has 0 spiro atoms. The summed E-state index contributed by atoms with van der Waals surface area (Å²) in [6.07, 6.45) is 21.5. The minimum absolute atomic E-state index is 0.120. The molecule has 8 heteroatoms. The molecule has 0 aromatic rings. The highest BCUT2D eigenvalue weighted by Gasteiger charge is 2.45. The smallest absolute Gasteiger partial charge is 0.334 e. The summed E-state index contributed by atoms with van der Waals surface area (Å²) in [5, 5.41) is 42.3. The Kier molecular flexibility index (Phi) is 18.6. The third-order valence-corrected chi connectivity index (χ3v) is 10.1. The molecule has 0 amide bonds. The second kappa shape index (κ2) is 21.8. The maximum Gasteiger partial charge on any atom is 0.334 e. The highest BCUT2D eigenvalue weighted by atomic mass is 16.6. The largest absolute Gasteiger partial charge is 0.455 e. The second-order valence-corrected chi connectivity index (χ2v) is 14.2. The molecule has 0 unspecified atom stereocenters. The number of rotatable bonds is 25. The lowest BCUT2D eigenvalue weighted by Gasteiger charge is -2.24. The van der Waals surface area contributed by atoms with Crippen LogP contribution in [0.3, 0.4) is 0 Å². The van der Waals surface area contributed by atoms with Crippen molar-refractivity contribution in [2.75, 3.05) is 0 Å². The molecule has 3 aliphatic rings. The number of esters is 1. The van der Waals surface area contributed by atoms with Crippen molar-refractivity contribution in [2.45, 2.75) is 216 Å². The predicted molar refractivity (Wildman–Crippen MR) is 177 cm³/mol. The molecule has 8 nitrogen and oxygen atoms in total. The van der Waals surface area contributed by atoms with E-state index < -0.39 is 30.5 Å². The summed E-state index contributed by atoms with van der Waals surface area (Å²) in [6, 6.07) is 0. The summed E-state index contributed by atoms with van der Waals surface area (Å²) in [5.41, 5.74) is 0.602. The van der Waals surface area contributed by atoms with E-state index in [2.05, 4.69) is 6.92 Å². The van der Waals surface area contributed by atoms with Gasteiger partial charge in [0.05, 0.1) is 42.7 Å². The highest BCUT2D eigenvalue weighted by molar-refractivity contribution is 5.90. The molecule has 0 bridgehead atoms. The Morgan fingerprint density at radius 1 is 0.733 bits per heavy atom. The van der Waals surface area contributed by atoms with E-state index >= 15 is 0 Å². The Morgan fingerprint density at radius 3 is 1.87 bits per heavy atom. The summed E-state index contributed by atoms with van der Waals surface area (Å²) in [6.45, 7) is 4.07. The SMILES string of the molecule is CCCCCCCCCC[C@H](O)[C@H]1CC[C@H]([C@H]2C[C@@H](O)[C@H]([C@H](O)CCCCCCCCCC[C@H](O)CC3=C[C@H](C)OC3=O)O2)O1. The molecule has 9 atom stereocenters. The van der Waals surface area contributed by atoms with E-state index in [1.807, 2.05) is 6.92 Å². The normalized spacial score (nSPS) is 28.8. The maximum absolute atomic E-state index is 11.7. The molecule has 262 valence electrons. The molecule has 4 N–H and O–H groups in total. The topological polar surface area (TPSA) is 126 Å². The minimum atomic E-state index is -0.680. The minimum Gasteiger partial charge on any atom is -0.455 e. The fourth-order valence-electron chi connectivity index (χ4n) is 7.32. The predicted octanol–water partition coefficient (Wildman–Crippen LogP) is 6.83. The molecule has 2 saturated heterocycles. The van der Waals surface area contributed by atoms with Crippen LogP contribution in [0.5, 0.6) is 0 Å². The summed E-state index contributed by atoms with van der Waals surface area (Å²) in [7, 11) is 0. The fraction of sp³-hybridized carbons (Fsp3) is 0.919. The number of unbranched alkanes of at least 4 members (excludes halogenated alkanes) is 14. The highest BCUT2D eigenvalue weighted by Crippen LogP contribution is 2.35. The Morgan fingerprint density at radius 2 is 1.29 bits per heavy atom. The quantitative estimate of drug-likeness (QED) is 0.0634. The van der Waals surface area contributed by atoms with Crippen LogP contribution in [0.2, 0.25) is 0 Å². The molecular formula is C37H66O8. The summed E-state index contributed by atoms with van der Waals surface area (Å²) in [4.78, 5) is 11.7. The lowest BCUT2D eigenvalue weighted by atomic mass is 9.98. The van der Waals surface area contributed by atoms with Crippen molar-refractivity contribution in [1.29, 1.82) is 0 Å². The van der Waals surface area contributed by atoms with Crippen LogP contribution in [-0.2, 0) is 19.0 Å². The molecule has 0 saturated carbocycles. The van der Waals surface area contributed by atoms with Crippen molar-refractivity contribution in [2.24, 2.45) is 0 Å². The molecule has 0 radical (unpaired) electrons. The zero-order valence-electron chi connectivity index (χ0n) is 28.5. The lowest BCUT2D eigenvalue weighted by molar-refractivity contribution is -0.139. The van der Waals surface area contributed by atoms with E-state index in [1.165, 1.54) is 44.9 Å². The molecule has 3 aliphatic heterocycles. The summed E-state index contributed by atoms with van der Waals surface area (Å²) < 4.78 is 17.4. The average molecular weight is 639 g/mol. The number of carbonyl (C=O) groups excluding carboxylic acids is 1. The van der Waals surface area contributed by atoms with Gasteiger partial charge in [-0.15, -0.1) is 0 Å². The van der Waals surface area contributed by atoms with Crippen molar-refractivity contribution in [3.63, 3.8) is 0 Å². The first-order valence-electron chi connectivity index (χ1n) is 18.7. The van der Waals surface area contributed by atoms with E-state index in [-0.39, 0.29) is 30.4 Å². The van der Waals surface area contributed by atoms with Gasteiger partial charge < -0.3 is 34.6 Å². The van der Waals surface area contributed by atoms with Crippen molar-refractivity contribution in [3.8, 4) is 0 Å². The van der Waals surface area contributed by atoms with Crippen LogP contribution in [0.25, 0.3) is 0 Å². The maximum atomic E-state index is 11.7. The standard InChI is InChI=1S/C37H66O8/c1-3-4-5-6-7-11-14-17-20-30(39)33-22-23-34(44-33)35-26-32(41)36(45-35)31(40)21-18-15-12-9-8-10-13-16-19-29(38)25-28-24-27(2)43-37(28)42/h24,27,29-36,38-41H,3-23,25-26H2,1-2H3/t27-,29-,30-,31+,32+,33+,34+,35+,36-/m0/s1. The Labute approximate surface area is 273 Å². The van der Waals surface area contributed by atoms with Gasteiger partial charge in [0.1, 0.15) is 12.2 Å². The van der Waals surface area contributed by atoms with Gasteiger partial charge in [-0.3, -0.25) is 0 Å². The summed E-state index contributed by atoms with van der Waals surface area (Å²) >= 11 is 0. The van der Waals surface area contributed by atoms with Gasteiger partial charge in [0, 0.05) is 18.4 Å². The van der Waals surface area contributed by atoms with Crippen molar-refractivity contribution in [1.82, 2.24) is 0 Å². The molecule has 45 heavy (non-hydrogen) atoms. The third-order valence-electron chi connectivity index (χ3n) is 10.1. The van der Waals surface area contributed by atoms with Gasteiger partial charge in [-0.1, -0.05) is 110 Å². The van der Waals surface area contributed by atoms with Crippen LogP contribution in [0.4, 0.5) is 0 Å². The van der Waals surface area contributed by atoms with Gasteiger partial charge in [0.15, 0.2) is 0 Å². The molecule has 2 fully saturated rings. The van der Waals surface area contributed by atoms with Gasteiger partial charge >= 0.3 is 5.97 Å². The van der Waals surface area contributed by atoms with Gasteiger partial charge in [-0.25, -0.2) is 4.79 Å². The van der Waals surface area contributed by atoms with Gasteiger partial charge in [0.25, 0.3) is 0 Å². The Bertz CT molecular complexity index is 833. The van der Waals surface area contributed by atoms with Crippen LogP contribution in [0.15, 0.2) is 11.6 Å². The number of aliphatic hydroxyl groups excluding tert-OH is 4. The van der Waals surface area contributed by atoms with E-state index in [0.29, 0.717) is 31.3 Å². The zero-order valence-corrected chi connectivity index (χ0v) is 28.5. The number of carbonyl (C=O) groups is 1. The van der Waals surface area contributed by atoms with Gasteiger partial charge in [-0.2, -0.15) is 0 Å². The number of cyclic esters (lactones) is 1. The first-order chi connectivity index (χ1) is 21.8. The van der Waals surface area contributed by atoms with Crippen LogP contribution < -0.4 is 0 Å². The van der Waals surface area contributed by atoms with Crippen LogP contribution >= 0.6 is 0 Å². The molecule has 0 aliphatic carbocycles. The second-order valence-electron chi connectivity index (χ2n) is 14.2. The Balaban J connectivity index is 1.16. The first-order valence-corrected chi connectivity index (χ1v) is 18.7. The van der Waals surface area contributed by atoms with Gasteiger partial charge in [-0.05, 0) is 45.1 Å². The lowest BCUT2D eigenvalue weighted by Crippen LogP contribution is -2.35. The zero-order chi connectivity index (χ0) is 32.4. The van der Waals surface area contributed by atoms with Crippen molar-refractivity contribution < 1.29 is 39.4 Å². The number of aliphatic hydroxyl groups is 4. The third kappa shape index (κ3) is 14.3. The fourth-order valence-corrected chi connectivity index (χ4v) is 7.32. The number of hydrogen-bond donors (Lipinski definition) is 4. The van der Waals surface area contributed by atoms with Crippen LogP contribution in [-0.4, -0.2) is 81.3 Å². The molecular weight excluding hydrogens is 572 g/mol. The van der Waals surface area contributed by atoms with Crippen LogP contribution in [0, 0.1) is 0 Å². The summed E-state index contributed by atoms with van der Waals surface area (Å²) in [5.74, 6) is -0.293. The molecule has 0 aromatic heterocycles. The molecule has 0 aromatic carbocycles. The van der Waals surface area contributed by atoms with Crippen molar-refractivity contribution >= 4 is 5.97 Å². The molecule has 3 rings (SSSR count). The van der Waals surface area contributed by atoms with E-state index in [0.717, 1.165) is 77.0 Å². The number of ether oxygens (including phenoxy) is 3. The Hall–Kier alpha value is -1.03. The van der Waals surface area contributed by atoms with Crippen LogP contribution in [0.1, 0.15) is 162 Å². The van der Waals surface area contributed by atoms with E-state index in [9.17, 15) is 25.2 Å². The monoisotopic (exact) mass is 638 g/mol. The first kappa shape index (κ1) is 38.4. The number of hydrogen-bond acceptors (Lipinski definition) is 8. The van der Waals surface area contributed by atoms with E-state index in [4.69, 9.17) is 14.2 Å². The van der Waals surface area contributed by atoms with Gasteiger partial charge in [0.2, 0.25) is 0 Å².